The summed E-state index contributed by atoms with van der Waals surface area (Å²) in [6.07, 6.45) is 6.52. The van der Waals surface area contributed by atoms with Crippen LogP contribution in [0.25, 0.3) is 0 Å². The Morgan fingerprint density at radius 2 is 2.10 bits per heavy atom. The van der Waals surface area contributed by atoms with E-state index in [4.69, 9.17) is 0 Å². The maximum atomic E-state index is 13.0. The molecule has 106 valence electrons. The number of rotatable bonds is 6. The van der Waals surface area contributed by atoms with Crippen molar-refractivity contribution >= 4 is 5.78 Å². The van der Waals surface area contributed by atoms with E-state index in [2.05, 4.69) is 23.9 Å². The molecule has 20 heavy (non-hydrogen) atoms. The van der Waals surface area contributed by atoms with Crippen LogP contribution in [0.4, 0.5) is 4.39 Å². The molecule has 2 aromatic heterocycles. The minimum Gasteiger partial charge on any atom is -0.294 e. The van der Waals surface area contributed by atoms with Gasteiger partial charge in [0.2, 0.25) is 0 Å². The third-order valence-corrected chi connectivity index (χ3v) is 3.35. The molecular weight excluding hydrogens is 257 g/mol. The number of carbonyl (C=O) groups is 1. The first-order valence-electron chi connectivity index (χ1n) is 6.81. The van der Waals surface area contributed by atoms with Gasteiger partial charge in [-0.1, -0.05) is 13.8 Å². The predicted molar refractivity (Wildman–Crippen MR) is 74.1 cm³/mol. The largest absolute Gasteiger partial charge is 0.294 e. The monoisotopic (exact) mass is 275 g/mol. The molecular formula is C15H18FN3O. The van der Waals surface area contributed by atoms with Crippen LogP contribution in [0.3, 0.4) is 0 Å². The molecule has 0 aliphatic carbocycles. The maximum Gasteiger partial charge on any atom is 0.170 e. The molecule has 2 heterocycles. The number of carbonyl (C=O) groups excluding carboxylic acids is 1. The Hall–Kier alpha value is -2.04. The topological polar surface area (TPSA) is 47.8 Å². The van der Waals surface area contributed by atoms with E-state index < -0.39 is 5.82 Å². The number of nitrogens with zero attached hydrogens (tertiary/aromatic N) is 3. The minimum absolute atomic E-state index is 0.165. The highest BCUT2D eigenvalue weighted by Crippen LogP contribution is 2.15. The molecule has 0 aromatic carbocycles. The van der Waals surface area contributed by atoms with Gasteiger partial charge in [0.15, 0.2) is 5.78 Å². The fourth-order valence-corrected chi connectivity index (χ4v) is 2.17. The first-order chi connectivity index (χ1) is 9.63. The summed E-state index contributed by atoms with van der Waals surface area (Å²) in [5, 5.41) is 4.42. The molecule has 0 aliphatic heterocycles. The number of hydrogen-bond acceptors (Lipinski definition) is 3. The van der Waals surface area contributed by atoms with Crippen molar-refractivity contribution < 1.29 is 9.18 Å². The van der Waals surface area contributed by atoms with Crippen LogP contribution in [-0.2, 0) is 6.42 Å². The Labute approximate surface area is 117 Å². The van der Waals surface area contributed by atoms with Crippen LogP contribution in [0.5, 0.6) is 0 Å². The van der Waals surface area contributed by atoms with Crippen molar-refractivity contribution in [2.24, 2.45) is 0 Å². The highest BCUT2D eigenvalue weighted by molar-refractivity contribution is 5.96. The summed E-state index contributed by atoms with van der Waals surface area (Å²) < 4.78 is 14.9. The van der Waals surface area contributed by atoms with E-state index in [9.17, 15) is 9.18 Å². The van der Waals surface area contributed by atoms with Crippen molar-refractivity contribution in [1.82, 2.24) is 14.8 Å². The van der Waals surface area contributed by atoms with Gasteiger partial charge in [-0.05, 0) is 25.0 Å². The first kappa shape index (κ1) is 14.4. The van der Waals surface area contributed by atoms with Gasteiger partial charge in [0.25, 0.3) is 0 Å². The smallest absolute Gasteiger partial charge is 0.170 e. The number of hydrogen-bond donors (Lipinski definition) is 0. The van der Waals surface area contributed by atoms with Crippen molar-refractivity contribution in [2.45, 2.75) is 39.2 Å². The fraction of sp³-hybridized carbons (Fsp3) is 0.400. The number of Topliss-reactive ketones (excluding diaryl/α,β-unsaturated/α-hetero) is 1. The van der Waals surface area contributed by atoms with Crippen LogP contribution in [0, 0.1) is 5.82 Å². The first-order valence-corrected chi connectivity index (χ1v) is 6.81. The van der Waals surface area contributed by atoms with Crippen LogP contribution in [-0.4, -0.2) is 20.5 Å². The Morgan fingerprint density at radius 3 is 2.75 bits per heavy atom. The van der Waals surface area contributed by atoms with Gasteiger partial charge in [0, 0.05) is 18.0 Å². The van der Waals surface area contributed by atoms with E-state index in [1.54, 1.807) is 0 Å². The van der Waals surface area contributed by atoms with Gasteiger partial charge in [0.05, 0.1) is 24.4 Å². The van der Waals surface area contributed by atoms with E-state index in [1.165, 1.54) is 12.3 Å². The molecule has 0 fully saturated rings. The summed E-state index contributed by atoms with van der Waals surface area (Å²) in [7, 11) is 0. The standard InChI is InChI=1S/C15H18FN3O/c1-3-14(4-2)19-6-5-13(18-19)8-15(20)11-7-12(16)10-17-9-11/h5-7,9-10,14H,3-4,8H2,1-2H3. The van der Waals surface area contributed by atoms with Crippen molar-refractivity contribution in [3.05, 3.63) is 47.8 Å². The zero-order chi connectivity index (χ0) is 14.5. The summed E-state index contributed by atoms with van der Waals surface area (Å²) in [6.45, 7) is 4.22. The van der Waals surface area contributed by atoms with Gasteiger partial charge in [-0.15, -0.1) is 0 Å². The van der Waals surface area contributed by atoms with Crippen molar-refractivity contribution in [1.29, 1.82) is 0 Å². The molecule has 0 atom stereocenters. The number of halogens is 1. The lowest BCUT2D eigenvalue weighted by atomic mass is 10.1. The van der Waals surface area contributed by atoms with Crippen LogP contribution < -0.4 is 0 Å². The Morgan fingerprint density at radius 1 is 1.35 bits per heavy atom. The quantitative estimate of drug-likeness (QED) is 0.761. The van der Waals surface area contributed by atoms with Crippen molar-refractivity contribution in [3.63, 3.8) is 0 Å². The maximum absolute atomic E-state index is 13.0. The third-order valence-electron chi connectivity index (χ3n) is 3.35. The molecule has 5 heteroatoms. The molecule has 0 aliphatic rings. The van der Waals surface area contributed by atoms with Gasteiger partial charge in [0.1, 0.15) is 5.82 Å². The Balaban J connectivity index is 2.09. The third kappa shape index (κ3) is 3.29. The molecule has 0 N–H and O–H groups in total. The van der Waals surface area contributed by atoms with Crippen molar-refractivity contribution in [2.75, 3.05) is 0 Å². The van der Waals surface area contributed by atoms with Gasteiger partial charge in [-0.25, -0.2) is 4.39 Å². The SMILES string of the molecule is CCC(CC)n1ccc(CC(=O)c2cncc(F)c2)n1. The summed E-state index contributed by atoms with van der Waals surface area (Å²) in [6, 6.07) is 3.39. The molecule has 0 saturated heterocycles. The van der Waals surface area contributed by atoms with Crippen LogP contribution in [0.15, 0.2) is 30.7 Å². The Kier molecular flexibility index (Phi) is 4.61. The van der Waals surface area contributed by atoms with Gasteiger partial charge >= 0.3 is 0 Å². The lowest BCUT2D eigenvalue weighted by Crippen LogP contribution is -2.09. The molecule has 0 amide bonds. The van der Waals surface area contributed by atoms with Gasteiger partial charge in [-0.2, -0.15) is 5.10 Å². The number of aromatic nitrogens is 3. The molecule has 4 nitrogen and oxygen atoms in total. The van der Waals surface area contributed by atoms with Gasteiger partial charge in [-0.3, -0.25) is 14.5 Å². The second-order valence-electron chi connectivity index (χ2n) is 4.75. The average Bonchev–Trinajstić information content (AvgIpc) is 2.88. The van der Waals surface area contributed by atoms with Crippen LogP contribution in [0.1, 0.15) is 48.8 Å². The van der Waals surface area contributed by atoms with E-state index in [1.807, 2.05) is 16.9 Å². The van der Waals surface area contributed by atoms with E-state index in [0.717, 1.165) is 19.0 Å². The molecule has 2 rings (SSSR count). The second kappa shape index (κ2) is 6.41. The highest BCUT2D eigenvalue weighted by atomic mass is 19.1. The zero-order valence-electron chi connectivity index (χ0n) is 11.7. The lowest BCUT2D eigenvalue weighted by Gasteiger charge is -2.12. The normalized spacial score (nSPS) is 11.0. The Bertz CT molecular complexity index is 590. The average molecular weight is 275 g/mol. The molecule has 0 radical (unpaired) electrons. The summed E-state index contributed by atoms with van der Waals surface area (Å²) in [5.74, 6) is -0.676. The lowest BCUT2D eigenvalue weighted by molar-refractivity contribution is 0.0991. The van der Waals surface area contributed by atoms with E-state index in [0.29, 0.717) is 11.7 Å². The molecule has 0 saturated carbocycles. The molecule has 0 bridgehead atoms. The molecule has 0 spiro atoms. The summed E-state index contributed by atoms with van der Waals surface area (Å²) in [5.41, 5.74) is 0.980. The van der Waals surface area contributed by atoms with Crippen molar-refractivity contribution in [3.8, 4) is 0 Å². The zero-order valence-corrected chi connectivity index (χ0v) is 11.7. The molecule has 0 unspecified atom stereocenters. The van der Waals surface area contributed by atoms with E-state index >= 15 is 0 Å². The minimum atomic E-state index is -0.501. The van der Waals surface area contributed by atoms with Gasteiger partial charge < -0.3 is 0 Å². The number of ketones is 1. The summed E-state index contributed by atoms with van der Waals surface area (Å²) in [4.78, 5) is 15.7. The number of pyridine rings is 1. The predicted octanol–water partition coefficient (Wildman–Crippen LogP) is 3.20. The fourth-order valence-electron chi connectivity index (χ4n) is 2.17. The summed E-state index contributed by atoms with van der Waals surface area (Å²) >= 11 is 0. The molecule has 2 aromatic rings. The second-order valence-corrected chi connectivity index (χ2v) is 4.75. The highest BCUT2D eigenvalue weighted by Gasteiger charge is 2.12. The van der Waals surface area contributed by atoms with Crippen LogP contribution >= 0.6 is 0 Å². The van der Waals surface area contributed by atoms with Crippen LogP contribution in [0.2, 0.25) is 0 Å². The van der Waals surface area contributed by atoms with E-state index in [-0.39, 0.29) is 17.8 Å².